The van der Waals surface area contributed by atoms with Gasteiger partial charge in [0.2, 0.25) is 10.0 Å². The summed E-state index contributed by atoms with van der Waals surface area (Å²) in [6, 6.07) is 12.2. The van der Waals surface area contributed by atoms with Gasteiger partial charge in [0, 0.05) is 18.6 Å². The maximum absolute atomic E-state index is 13.6. The van der Waals surface area contributed by atoms with E-state index in [1.807, 2.05) is 0 Å². The van der Waals surface area contributed by atoms with E-state index in [2.05, 4.69) is 0 Å². The van der Waals surface area contributed by atoms with Gasteiger partial charge in [0.25, 0.3) is 0 Å². The van der Waals surface area contributed by atoms with Crippen LogP contribution in [0.3, 0.4) is 0 Å². The summed E-state index contributed by atoms with van der Waals surface area (Å²) in [4.78, 5) is -0.338. The van der Waals surface area contributed by atoms with Crippen molar-refractivity contribution in [2.24, 2.45) is 0 Å². The zero-order valence-corrected chi connectivity index (χ0v) is 12.3. The lowest BCUT2D eigenvalue weighted by atomic mass is 10.2. The van der Waals surface area contributed by atoms with Gasteiger partial charge in [0.15, 0.2) is 0 Å². The molecule has 3 nitrogen and oxygen atoms in total. The standard InChI is InChI=1S/C14H13ClFNO2S/c1-17(10-11-6-2-3-7-12(11)15)20(18,19)14-9-5-4-8-13(14)16/h2-9H,10H2,1H3. The number of benzene rings is 2. The van der Waals surface area contributed by atoms with E-state index >= 15 is 0 Å². The quantitative estimate of drug-likeness (QED) is 0.868. The summed E-state index contributed by atoms with van der Waals surface area (Å²) in [6.45, 7) is 0.0797. The smallest absolute Gasteiger partial charge is 0.207 e. The summed E-state index contributed by atoms with van der Waals surface area (Å²) in [7, 11) is -2.49. The number of rotatable bonds is 4. The van der Waals surface area contributed by atoms with Crippen LogP contribution in [0.2, 0.25) is 5.02 Å². The Morgan fingerprint density at radius 3 is 2.35 bits per heavy atom. The summed E-state index contributed by atoms with van der Waals surface area (Å²) in [5, 5.41) is 0.475. The fraction of sp³-hybridized carbons (Fsp3) is 0.143. The third kappa shape index (κ3) is 3.00. The minimum absolute atomic E-state index is 0.0797. The van der Waals surface area contributed by atoms with E-state index in [9.17, 15) is 12.8 Å². The Hall–Kier alpha value is -1.43. The first kappa shape index (κ1) is 15.0. The molecule has 0 heterocycles. The Morgan fingerprint density at radius 2 is 1.70 bits per heavy atom. The Bertz CT molecular complexity index is 719. The molecular formula is C14H13ClFNO2S. The van der Waals surface area contributed by atoms with Crippen molar-refractivity contribution in [2.75, 3.05) is 7.05 Å². The van der Waals surface area contributed by atoms with Crippen molar-refractivity contribution >= 4 is 21.6 Å². The van der Waals surface area contributed by atoms with Crippen molar-refractivity contribution in [3.8, 4) is 0 Å². The maximum atomic E-state index is 13.6. The summed E-state index contributed by atoms with van der Waals surface area (Å²) in [5.74, 6) is -0.765. The van der Waals surface area contributed by atoms with Crippen molar-refractivity contribution < 1.29 is 12.8 Å². The first-order valence-corrected chi connectivity index (χ1v) is 7.69. The molecule has 0 saturated carbocycles. The Morgan fingerprint density at radius 1 is 1.10 bits per heavy atom. The molecule has 0 unspecified atom stereocenters. The minimum atomic E-state index is -3.88. The molecule has 106 valence electrons. The number of nitrogens with zero attached hydrogens (tertiary/aromatic N) is 1. The first-order valence-electron chi connectivity index (χ1n) is 5.87. The van der Waals surface area contributed by atoms with E-state index < -0.39 is 15.8 Å². The molecule has 2 aromatic rings. The maximum Gasteiger partial charge on any atom is 0.246 e. The predicted molar refractivity (Wildman–Crippen MR) is 76.5 cm³/mol. The first-order chi connectivity index (χ1) is 9.43. The highest BCUT2D eigenvalue weighted by Gasteiger charge is 2.24. The van der Waals surface area contributed by atoms with Crippen molar-refractivity contribution in [2.45, 2.75) is 11.4 Å². The van der Waals surface area contributed by atoms with Gasteiger partial charge in [-0.15, -0.1) is 0 Å². The van der Waals surface area contributed by atoms with E-state index in [-0.39, 0.29) is 11.4 Å². The van der Waals surface area contributed by atoms with Crippen LogP contribution in [-0.2, 0) is 16.6 Å². The van der Waals surface area contributed by atoms with Gasteiger partial charge in [-0.1, -0.05) is 41.9 Å². The SMILES string of the molecule is CN(Cc1ccccc1Cl)S(=O)(=O)c1ccccc1F. The zero-order valence-electron chi connectivity index (χ0n) is 10.8. The van der Waals surface area contributed by atoms with Gasteiger partial charge in [0.1, 0.15) is 10.7 Å². The molecule has 0 saturated heterocycles. The number of sulfonamides is 1. The van der Waals surface area contributed by atoms with E-state index in [1.54, 1.807) is 24.3 Å². The van der Waals surface area contributed by atoms with Crippen molar-refractivity contribution in [3.63, 3.8) is 0 Å². The molecule has 0 bridgehead atoms. The zero-order chi connectivity index (χ0) is 14.8. The van der Waals surface area contributed by atoms with E-state index in [1.165, 1.54) is 25.2 Å². The molecule has 0 spiro atoms. The van der Waals surface area contributed by atoms with Crippen LogP contribution in [0.4, 0.5) is 4.39 Å². The van der Waals surface area contributed by atoms with Crippen LogP contribution in [-0.4, -0.2) is 19.8 Å². The number of hydrogen-bond donors (Lipinski definition) is 0. The fourth-order valence-electron chi connectivity index (χ4n) is 1.77. The Balaban J connectivity index is 2.31. The summed E-state index contributed by atoms with van der Waals surface area (Å²) in [5.41, 5.74) is 0.664. The number of halogens is 2. The molecule has 0 aliphatic rings. The molecule has 0 amide bonds. The van der Waals surface area contributed by atoms with Crippen LogP contribution in [0, 0.1) is 5.82 Å². The summed E-state index contributed by atoms with van der Waals surface area (Å²) >= 11 is 6.00. The van der Waals surface area contributed by atoms with E-state index in [0.717, 1.165) is 10.4 Å². The lowest BCUT2D eigenvalue weighted by Crippen LogP contribution is -2.27. The Kier molecular flexibility index (Phi) is 4.42. The molecule has 6 heteroatoms. The van der Waals surface area contributed by atoms with Crippen LogP contribution in [0.1, 0.15) is 5.56 Å². The molecule has 0 radical (unpaired) electrons. The molecule has 0 aliphatic heterocycles. The monoisotopic (exact) mass is 313 g/mol. The second-order valence-corrected chi connectivity index (χ2v) is 6.70. The third-order valence-electron chi connectivity index (χ3n) is 2.88. The van der Waals surface area contributed by atoms with Gasteiger partial charge < -0.3 is 0 Å². The van der Waals surface area contributed by atoms with Gasteiger partial charge in [-0.3, -0.25) is 0 Å². The molecule has 2 rings (SSSR count). The second-order valence-electron chi connectivity index (χ2n) is 4.28. The van der Waals surface area contributed by atoms with Crippen LogP contribution >= 0.6 is 11.6 Å². The molecule has 0 aliphatic carbocycles. The van der Waals surface area contributed by atoms with Crippen LogP contribution < -0.4 is 0 Å². The molecule has 2 aromatic carbocycles. The van der Waals surface area contributed by atoms with Crippen LogP contribution in [0.5, 0.6) is 0 Å². The van der Waals surface area contributed by atoms with Crippen molar-refractivity contribution in [3.05, 3.63) is 64.9 Å². The van der Waals surface area contributed by atoms with Gasteiger partial charge in [-0.2, -0.15) is 4.31 Å². The van der Waals surface area contributed by atoms with Gasteiger partial charge in [-0.25, -0.2) is 12.8 Å². The molecule has 20 heavy (non-hydrogen) atoms. The fourth-order valence-corrected chi connectivity index (χ4v) is 3.18. The third-order valence-corrected chi connectivity index (χ3v) is 5.08. The highest BCUT2D eigenvalue weighted by molar-refractivity contribution is 7.89. The molecule has 0 aromatic heterocycles. The average Bonchev–Trinajstić information content (AvgIpc) is 2.41. The Labute approximate surface area is 122 Å². The van der Waals surface area contributed by atoms with Crippen molar-refractivity contribution in [1.82, 2.24) is 4.31 Å². The molecular weight excluding hydrogens is 301 g/mol. The summed E-state index contributed by atoms with van der Waals surface area (Å²) < 4.78 is 39.3. The van der Waals surface area contributed by atoms with Gasteiger partial charge in [-0.05, 0) is 23.8 Å². The lowest BCUT2D eigenvalue weighted by molar-refractivity contribution is 0.460. The highest BCUT2D eigenvalue weighted by Crippen LogP contribution is 2.22. The largest absolute Gasteiger partial charge is 0.246 e. The molecule has 0 N–H and O–H groups in total. The normalized spacial score (nSPS) is 11.8. The minimum Gasteiger partial charge on any atom is -0.207 e. The van der Waals surface area contributed by atoms with Gasteiger partial charge in [0.05, 0.1) is 0 Å². The highest BCUT2D eigenvalue weighted by atomic mass is 35.5. The lowest BCUT2D eigenvalue weighted by Gasteiger charge is -2.18. The predicted octanol–water partition coefficient (Wildman–Crippen LogP) is 3.30. The molecule has 0 fully saturated rings. The van der Waals surface area contributed by atoms with Crippen LogP contribution in [0.15, 0.2) is 53.4 Å². The van der Waals surface area contributed by atoms with Crippen LogP contribution in [0.25, 0.3) is 0 Å². The second kappa shape index (κ2) is 5.91. The average molecular weight is 314 g/mol. The van der Waals surface area contributed by atoms with E-state index in [4.69, 9.17) is 11.6 Å². The van der Waals surface area contributed by atoms with Gasteiger partial charge >= 0.3 is 0 Å². The molecule has 0 atom stereocenters. The topological polar surface area (TPSA) is 37.4 Å². The summed E-state index contributed by atoms with van der Waals surface area (Å²) in [6.07, 6.45) is 0. The van der Waals surface area contributed by atoms with Crippen molar-refractivity contribution in [1.29, 1.82) is 0 Å². The number of hydrogen-bond acceptors (Lipinski definition) is 2. The van der Waals surface area contributed by atoms with E-state index in [0.29, 0.717) is 10.6 Å².